The van der Waals surface area contributed by atoms with E-state index in [9.17, 15) is 10.1 Å². The van der Waals surface area contributed by atoms with E-state index in [1.54, 1.807) is 23.9 Å². The minimum atomic E-state index is -0.305. The van der Waals surface area contributed by atoms with E-state index in [1.807, 2.05) is 36.4 Å². The van der Waals surface area contributed by atoms with Crippen LogP contribution in [0.5, 0.6) is 0 Å². The van der Waals surface area contributed by atoms with Gasteiger partial charge in [-0.25, -0.2) is 0 Å². The van der Waals surface area contributed by atoms with Gasteiger partial charge in [-0.1, -0.05) is 75.9 Å². The van der Waals surface area contributed by atoms with Gasteiger partial charge in [0.15, 0.2) is 0 Å². The van der Waals surface area contributed by atoms with Crippen LogP contribution >= 0.6 is 11.8 Å². The van der Waals surface area contributed by atoms with Crippen LogP contribution in [0, 0.1) is 10.1 Å². The topological polar surface area (TPSA) is 43.1 Å². The van der Waals surface area contributed by atoms with Crippen molar-refractivity contribution in [1.82, 2.24) is 0 Å². The maximum atomic E-state index is 11.6. The van der Waals surface area contributed by atoms with Crippen molar-refractivity contribution in [3.05, 3.63) is 88.0 Å². The number of nitro benzene ring substituents is 1. The van der Waals surface area contributed by atoms with Gasteiger partial charge in [-0.05, 0) is 59.1 Å². The molecule has 0 radical (unpaired) electrons. The highest BCUT2D eigenvalue weighted by molar-refractivity contribution is 7.99. The van der Waals surface area contributed by atoms with Crippen molar-refractivity contribution < 1.29 is 4.92 Å². The molecule has 0 heterocycles. The Balaban J connectivity index is 1.77. The Labute approximate surface area is 182 Å². The van der Waals surface area contributed by atoms with Crippen molar-refractivity contribution in [1.29, 1.82) is 0 Å². The van der Waals surface area contributed by atoms with Gasteiger partial charge in [0.25, 0.3) is 5.69 Å². The van der Waals surface area contributed by atoms with Crippen LogP contribution in [0.2, 0.25) is 0 Å². The average Bonchev–Trinajstić information content (AvgIpc) is 2.72. The third-order valence-electron chi connectivity index (χ3n) is 6.33. The predicted octanol–water partition coefficient (Wildman–Crippen LogP) is 7.76. The molecule has 0 unspecified atom stereocenters. The Morgan fingerprint density at radius 3 is 2.10 bits per heavy atom. The Kier molecular flexibility index (Phi) is 5.23. The molecule has 3 nitrogen and oxygen atoms in total. The molecule has 0 saturated carbocycles. The van der Waals surface area contributed by atoms with Crippen molar-refractivity contribution in [3.8, 4) is 11.1 Å². The standard InChI is InChI=1S/C26H27NO2S/c1-25(2)15-16-26(3,4)22-17-18(13-14-21(22)25)30-24-12-8-6-10-20(24)19-9-5-7-11-23(19)27(28)29/h5-14,17H,15-16H2,1-4H3. The van der Waals surface area contributed by atoms with Crippen molar-refractivity contribution in [2.45, 2.75) is 61.2 Å². The summed E-state index contributed by atoms with van der Waals surface area (Å²) in [5.74, 6) is 0. The first-order chi connectivity index (χ1) is 14.2. The van der Waals surface area contributed by atoms with Gasteiger partial charge in [0.05, 0.1) is 10.5 Å². The Hall–Kier alpha value is -2.59. The highest BCUT2D eigenvalue weighted by atomic mass is 32.2. The van der Waals surface area contributed by atoms with Gasteiger partial charge in [0, 0.05) is 21.4 Å². The van der Waals surface area contributed by atoms with Gasteiger partial charge in [-0.3, -0.25) is 10.1 Å². The van der Waals surface area contributed by atoms with E-state index in [1.165, 1.54) is 28.9 Å². The van der Waals surface area contributed by atoms with E-state index in [0.29, 0.717) is 5.56 Å². The van der Waals surface area contributed by atoms with E-state index in [0.717, 1.165) is 10.5 Å². The number of rotatable bonds is 4. The third-order valence-corrected chi connectivity index (χ3v) is 7.40. The molecule has 0 atom stereocenters. The molecule has 3 aromatic rings. The fourth-order valence-corrected chi connectivity index (χ4v) is 5.40. The second kappa shape index (κ2) is 7.59. The van der Waals surface area contributed by atoms with Crippen LogP contribution in [0.25, 0.3) is 11.1 Å². The Morgan fingerprint density at radius 1 is 0.800 bits per heavy atom. The lowest BCUT2D eigenvalue weighted by molar-refractivity contribution is -0.384. The molecule has 30 heavy (non-hydrogen) atoms. The number of hydrogen-bond donors (Lipinski definition) is 0. The predicted molar refractivity (Wildman–Crippen MR) is 124 cm³/mol. The lowest BCUT2D eigenvalue weighted by atomic mass is 9.63. The van der Waals surface area contributed by atoms with Crippen LogP contribution in [0.1, 0.15) is 51.7 Å². The Bertz CT molecular complexity index is 1120. The van der Waals surface area contributed by atoms with Crippen LogP contribution in [-0.4, -0.2) is 4.92 Å². The van der Waals surface area contributed by atoms with Crippen molar-refractivity contribution in [3.63, 3.8) is 0 Å². The molecule has 1 aliphatic rings. The molecule has 4 heteroatoms. The molecule has 0 saturated heterocycles. The van der Waals surface area contributed by atoms with Gasteiger partial charge >= 0.3 is 0 Å². The highest BCUT2D eigenvalue weighted by Crippen LogP contribution is 2.48. The summed E-state index contributed by atoms with van der Waals surface area (Å²) in [6, 6.07) is 21.7. The quantitative estimate of drug-likeness (QED) is 0.322. The second-order valence-corrected chi connectivity index (χ2v) is 10.5. The van der Waals surface area contributed by atoms with Crippen molar-refractivity contribution in [2.75, 3.05) is 0 Å². The summed E-state index contributed by atoms with van der Waals surface area (Å²) < 4.78 is 0. The molecule has 0 aliphatic heterocycles. The maximum Gasteiger partial charge on any atom is 0.277 e. The van der Waals surface area contributed by atoms with Gasteiger partial charge in [-0.2, -0.15) is 0 Å². The Morgan fingerprint density at radius 2 is 1.40 bits per heavy atom. The molecule has 0 bridgehead atoms. The fraction of sp³-hybridized carbons (Fsp3) is 0.308. The molecular weight excluding hydrogens is 390 g/mol. The molecule has 0 fully saturated rings. The lowest BCUT2D eigenvalue weighted by Crippen LogP contribution is -2.33. The van der Waals surface area contributed by atoms with Gasteiger partial charge in [0.2, 0.25) is 0 Å². The number of fused-ring (bicyclic) bond motifs is 1. The van der Waals surface area contributed by atoms with Crippen LogP contribution in [0.15, 0.2) is 76.5 Å². The lowest BCUT2D eigenvalue weighted by Gasteiger charge is -2.42. The summed E-state index contributed by atoms with van der Waals surface area (Å²) in [5, 5.41) is 11.6. The number of nitro groups is 1. The van der Waals surface area contributed by atoms with E-state index >= 15 is 0 Å². The van der Waals surface area contributed by atoms with Crippen LogP contribution in [0.4, 0.5) is 5.69 Å². The minimum Gasteiger partial charge on any atom is -0.258 e. The van der Waals surface area contributed by atoms with E-state index < -0.39 is 0 Å². The second-order valence-electron chi connectivity index (χ2n) is 9.35. The molecule has 0 N–H and O–H groups in total. The summed E-state index contributed by atoms with van der Waals surface area (Å²) in [5.41, 5.74) is 4.90. The zero-order valence-corrected chi connectivity index (χ0v) is 18.8. The van der Waals surface area contributed by atoms with E-state index in [4.69, 9.17) is 0 Å². The van der Waals surface area contributed by atoms with Crippen LogP contribution in [-0.2, 0) is 10.8 Å². The summed E-state index contributed by atoms with van der Waals surface area (Å²) in [7, 11) is 0. The summed E-state index contributed by atoms with van der Waals surface area (Å²) in [6.07, 6.45) is 2.37. The largest absolute Gasteiger partial charge is 0.277 e. The van der Waals surface area contributed by atoms with E-state index in [-0.39, 0.29) is 21.4 Å². The molecule has 0 aromatic heterocycles. The molecule has 154 valence electrons. The number of para-hydroxylation sites is 1. The summed E-state index contributed by atoms with van der Waals surface area (Å²) in [6.45, 7) is 9.32. The first-order valence-corrected chi connectivity index (χ1v) is 11.2. The maximum absolute atomic E-state index is 11.6. The van der Waals surface area contributed by atoms with Gasteiger partial charge in [0.1, 0.15) is 0 Å². The van der Waals surface area contributed by atoms with Crippen molar-refractivity contribution >= 4 is 17.4 Å². The zero-order valence-electron chi connectivity index (χ0n) is 17.9. The average molecular weight is 418 g/mol. The first kappa shape index (κ1) is 20.7. The molecular formula is C26H27NO2S. The highest BCUT2D eigenvalue weighted by Gasteiger charge is 2.37. The fourth-order valence-electron chi connectivity index (χ4n) is 4.40. The number of nitrogens with zero attached hydrogens (tertiary/aromatic N) is 1. The first-order valence-electron chi connectivity index (χ1n) is 10.3. The van der Waals surface area contributed by atoms with Crippen molar-refractivity contribution in [2.24, 2.45) is 0 Å². The molecule has 4 rings (SSSR count). The van der Waals surface area contributed by atoms with Gasteiger partial charge in [-0.15, -0.1) is 0 Å². The molecule has 0 spiro atoms. The molecule has 0 amide bonds. The van der Waals surface area contributed by atoms with Crippen LogP contribution in [0.3, 0.4) is 0 Å². The minimum absolute atomic E-state index is 0.138. The van der Waals surface area contributed by atoms with E-state index in [2.05, 4.69) is 45.9 Å². The van der Waals surface area contributed by atoms with Crippen LogP contribution < -0.4 is 0 Å². The zero-order chi connectivity index (χ0) is 21.5. The molecule has 3 aromatic carbocycles. The molecule has 1 aliphatic carbocycles. The normalized spacial score (nSPS) is 16.7. The number of benzene rings is 3. The summed E-state index contributed by atoms with van der Waals surface area (Å²) >= 11 is 1.68. The monoisotopic (exact) mass is 417 g/mol. The summed E-state index contributed by atoms with van der Waals surface area (Å²) in [4.78, 5) is 13.5. The third kappa shape index (κ3) is 3.77. The van der Waals surface area contributed by atoms with Gasteiger partial charge < -0.3 is 0 Å². The SMILES string of the molecule is CC1(C)CCC(C)(C)c2cc(Sc3ccccc3-c3ccccc3[N+](=O)[O-])ccc21. The number of hydrogen-bond acceptors (Lipinski definition) is 3. The smallest absolute Gasteiger partial charge is 0.258 e.